The maximum atomic E-state index is 13.9. The van der Waals surface area contributed by atoms with E-state index in [-0.39, 0.29) is 0 Å². The molecule has 0 saturated carbocycles. The lowest BCUT2D eigenvalue weighted by molar-refractivity contribution is -0.555. The number of ether oxygens (including phenoxy) is 2. The fourth-order valence-electron chi connectivity index (χ4n) is 1.57. The molecule has 0 aliphatic rings. The molecule has 0 rings (SSSR count). The summed E-state index contributed by atoms with van der Waals surface area (Å²) in [5.41, 5.74) is 0. The summed E-state index contributed by atoms with van der Waals surface area (Å²) in [6.45, 7) is 0. The Morgan fingerprint density at radius 2 is 0.889 bits per heavy atom. The van der Waals surface area contributed by atoms with Gasteiger partial charge >= 0.3 is 69.9 Å². The molecule has 0 amide bonds. The van der Waals surface area contributed by atoms with E-state index in [1.54, 1.807) is 0 Å². The molecule has 0 aromatic heterocycles. The molecule has 0 aliphatic carbocycles. The third kappa shape index (κ3) is 5.08. The second-order valence-electron chi connectivity index (χ2n) is 5.91. The van der Waals surface area contributed by atoms with Crippen LogP contribution in [0.15, 0.2) is 0 Å². The van der Waals surface area contributed by atoms with Gasteiger partial charge in [-0.05, 0) is 0 Å². The van der Waals surface area contributed by atoms with E-state index in [9.17, 15) is 96.2 Å². The summed E-state index contributed by atoms with van der Waals surface area (Å²) in [4.78, 5) is 0. The Bertz CT molecular complexity index is 907. The zero-order valence-electron chi connectivity index (χ0n) is 15.1. The third-order valence-electron chi connectivity index (χ3n) is 3.40. The first-order chi connectivity index (χ1) is 15.1. The SMILES string of the molecule is O=S(=O)(O)C(F)(F)C(F)(F)O[C@@](F)(C(F)(F)F)C(F)(F)OC(F)(C(F)(F)C(F)F)C(F)(F)C(F)(F)F. The molecule has 218 valence electrons. The van der Waals surface area contributed by atoms with Gasteiger partial charge in [0.15, 0.2) is 0 Å². The van der Waals surface area contributed by atoms with Crippen molar-refractivity contribution in [2.45, 2.75) is 59.8 Å². The van der Waals surface area contributed by atoms with Crippen LogP contribution in [0.1, 0.15) is 0 Å². The molecule has 1 unspecified atom stereocenters. The summed E-state index contributed by atoms with van der Waals surface area (Å²) in [6.07, 6.45) is -39.4. The van der Waals surface area contributed by atoms with Gasteiger partial charge in [0.2, 0.25) is 0 Å². The number of hydrogen-bond donors (Lipinski definition) is 1. The molecule has 0 aromatic rings. The maximum Gasteiger partial charge on any atom is 0.460 e. The number of rotatable bonds is 10. The van der Waals surface area contributed by atoms with Crippen molar-refractivity contribution in [3.05, 3.63) is 0 Å². The van der Waals surface area contributed by atoms with E-state index in [0.29, 0.717) is 0 Å². The molecule has 0 aromatic carbocycles. The first-order valence-electron chi connectivity index (χ1n) is 7.16. The van der Waals surface area contributed by atoms with E-state index in [4.69, 9.17) is 4.55 Å². The summed E-state index contributed by atoms with van der Waals surface area (Å²) in [5, 5.41) is -7.64. The van der Waals surface area contributed by atoms with E-state index < -0.39 is 69.9 Å². The van der Waals surface area contributed by atoms with Crippen LogP contribution in [-0.4, -0.2) is 72.8 Å². The van der Waals surface area contributed by atoms with Gasteiger partial charge in [-0.3, -0.25) is 14.0 Å². The van der Waals surface area contributed by atoms with E-state index in [1.165, 1.54) is 0 Å². The fraction of sp³-hybridized carbons (Fsp3) is 1.00. The Morgan fingerprint density at radius 1 is 0.556 bits per heavy atom. The zero-order valence-corrected chi connectivity index (χ0v) is 15.9. The van der Waals surface area contributed by atoms with Crippen LogP contribution in [0.25, 0.3) is 0 Å². The van der Waals surface area contributed by atoms with E-state index in [2.05, 4.69) is 0 Å². The van der Waals surface area contributed by atoms with Crippen molar-refractivity contribution in [2.24, 2.45) is 0 Å². The molecule has 0 heterocycles. The summed E-state index contributed by atoms with van der Waals surface area (Å²) in [6, 6.07) is 0. The van der Waals surface area contributed by atoms with Gasteiger partial charge < -0.3 is 0 Å². The minimum atomic E-state index is -8.63. The van der Waals surface area contributed by atoms with Gasteiger partial charge in [0.25, 0.3) is 0 Å². The van der Waals surface area contributed by atoms with E-state index in [1.807, 2.05) is 0 Å². The van der Waals surface area contributed by atoms with Crippen molar-refractivity contribution in [2.75, 3.05) is 0 Å². The van der Waals surface area contributed by atoms with Crippen LogP contribution in [0.5, 0.6) is 0 Å². The van der Waals surface area contributed by atoms with Gasteiger partial charge in [0.1, 0.15) is 0 Å². The highest BCUT2D eigenvalue weighted by atomic mass is 32.2. The van der Waals surface area contributed by atoms with Gasteiger partial charge in [-0.15, -0.1) is 0 Å². The summed E-state index contributed by atoms with van der Waals surface area (Å²) in [7, 11) is -7.83. The largest absolute Gasteiger partial charge is 0.460 e. The second kappa shape index (κ2) is 8.74. The van der Waals surface area contributed by atoms with E-state index >= 15 is 0 Å². The summed E-state index contributed by atoms with van der Waals surface area (Å²) < 4.78 is 289. The molecule has 1 N–H and O–H groups in total. The van der Waals surface area contributed by atoms with Gasteiger partial charge in [-0.1, -0.05) is 0 Å². The average Bonchev–Trinajstić information content (AvgIpc) is 2.56. The Hall–Kier alpha value is -1.57. The predicted octanol–water partition coefficient (Wildman–Crippen LogP) is 5.68. The molecule has 0 aliphatic heterocycles. The van der Waals surface area contributed by atoms with Crippen molar-refractivity contribution in [3.63, 3.8) is 0 Å². The van der Waals surface area contributed by atoms with Gasteiger partial charge in [-0.25, -0.2) is 8.78 Å². The van der Waals surface area contributed by atoms with E-state index in [0.717, 1.165) is 9.47 Å². The fourth-order valence-corrected chi connectivity index (χ4v) is 1.92. The van der Waals surface area contributed by atoms with Crippen LogP contribution in [-0.2, 0) is 19.6 Å². The predicted molar refractivity (Wildman–Crippen MR) is 64.2 cm³/mol. The Balaban J connectivity index is 7.29. The maximum absolute atomic E-state index is 13.9. The zero-order chi connectivity index (χ0) is 30.0. The molecule has 0 bridgehead atoms. The Morgan fingerprint density at radius 3 is 1.14 bits per heavy atom. The quantitative estimate of drug-likeness (QED) is 0.254. The minimum absolute atomic E-state index is 1.07. The molecule has 0 radical (unpaired) electrons. The second-order valence-corrected chi connectivity index (χ2v) is 7.38. The minimum Gasteiger partial charge on any atom is -0.281 e. The van der Waals surface area contributed by atoms with Crippen molar-refractivity contribution >= 4 is 10.1 Å². The third-order valence-corrected chi connectivity index (χ3v) is 4.29. The Kier molecular flexibility index (Phi) is 8.36. The van der Waals surface area contributed by atoms with Gasteiger partial charge in [-0.2, -0.15) is 87.4 Å². The molecule has 0 saturated heterocycles. The average molecular weight is 614 g/mol. The van der Waals surface area contributed by atoms with Crippen LogP contribution in [0, 0.1) is 0 Å². The number of halogens is 20. The molecular formula is C10H2F20O5S. The van der Waals surface area contributed by atoms with Crippen LogP contribution < -0.4 is 0 Å². The number of hydrogen-bond acceptors (Lipinski definition) is 4. The molecule has 0 spiro atoms. The highest BCUT2D eigenvalue weighted by Crippen LogP contribution is 2.60. The van der Waals surface area contributed by atoms with Crippen LogP contribution >= 0.6 is 0 Å². The van der Waals surface area contributed by atoms with Crippen molar-refractivity contribution in [1.29, 1.82) is 0 Å². The summed E-state index contributed by atoms with van der Waals surface area (Å²) in [5.74, 6) is -33.6. The monoisotopic (exact) mass is 614 g/mol. The standard InChI is InChI=1S/C10H2F20O5S/c11-1(12)2(13,14)4(17,3(15,16)6(19,20)21)34-8(25,26)5(18,7(22,23)24)35-9(27,28)10(29,30)36(31,32)33/h1H,(H,31,32,33)/t4?,5-/m0/s1. The molecular weight excluding hydrogens is 612 g/mol. The van der Waals surface area contributed by atoms with Gasteiger partial charge in [0, 0.05) is 0 Å². The topological polar surface area (TPSA) is 72.8 Å². The summed E-state index contributed by atoms with van der Waals surface area (Å²) >= 11 is 0. The highest BCUT2D eigenvalue weighted by molar-refractivity contribution is 7.86. The Labute approximate surface area is 181 Å². The first-order valence-corrected chi connectivity index (χ1v) is 8.60. The first kappa shape index (κ1) is 34.4. The lowest BCUT2D eigenvalue weighted by atomic mass is 10.0. The van der Waals surface area contributed by atoms with Crippen molar-refractivity contribution in [1.82, 2.24) is 0 Å². The van der Waals surface area contributed by atoms with Crippen molar-refractivity contribution < 1.29 is 110 Å². The molecule has 0 fully saturated rings. The number of alkyl halides is 20. The van der Waals surface area contributed by atoms with Crippen LogP contribution in [0.3, 0.4) is 0 Å². The normalized spacial score (nSPS) is 19.3. The van der Waals surface area contributed by atoms with Crippen LogP contribution in [0.2, 0.25) is 0 Å². The smallest absolute Gasteiger partial charge is 0.281 e. The molecule has 5 nitrogen and oxygen atoms in total. The lowest BCUT2D eigenvalue weighted by Gasteiger charge is -2.43. The van der Waals surface area contributed by atoms with Gasteiger partial charge in [0.05, 0.1) is 0 Å². The molecule has 26 heteroatoms. The highest BCUT2D eigenvalue weighted by Gasteiger charge is 2.89. The van der Waals surface area contributed by atoms with Crippen molar-refractivity contribution in [3.8, 4) is 0 Å². The lowest BCUT2D eigenvalue weighted by Crippen LogP contribution is -2.72. The molecule has 2 atom stereocenters. The molecule has 36 heavy (non-hydrogen) atoms. The van der Waals surface area contributed by atoms with Crippen LogP contribution in [0.4, 0.5) is 87.8 Å².